The molecule has 1 aromatic rings. The van der Waals surface area contributed by atoms with Gasteiger partial charge >= 0.3 is 5.97 Å². The highest BCUT2D eigenvalue weighted by molar-refractivity contribution is 6.30. The molecule has 1 N–H and O–H groups in total. The van der Waals surface area contributed by atoms with E-state index in [1.807, 2.05) is 6.92 Å². The Hall–Kier alpha value is -1.13. The molecular formula is C12H15ClFNO2. The molecule has 0 aromatic heterocycles. The van der Waals surface area contributed by atoms with Crippen LogP contribution in [0.1, 0.15) is 25.5 Å². The van der Waals surface area contributed by atoms with Crippen LogP contribution in [0.3, 0.4) is 0 Å². The van der Waals surface area contributed by atoms with E-state index < -0.39 is 5.82 Å². The first-order valence-corrected chi connectivity index (χ1v) is 5.76. The van der Waals surface area contributed by atoms with Crippen LogP contribution < -0.4 is 5.32 Å². The van der Waals surface area contributed by atoms with Gasteiger partial charge in [-0.05, 0) is 31.5 Å². The first-order valence-electron chi connectivity index (χ1n) is 5.38. The van der Waals surface area contributed by atoms with E-state index in [9.17, 15) is 9.18 Å². The number of carbonyl (C=O) groups excluding carboxylic acids is 1. The Morgan fingerprint density at radius 1 is 1.59 bits per heavy atom. The number of halogens is 2. The Morgan fingerprint density at radius 2 is 2.29 bits per heavy atom. The minimum absolute atomic E-state index is 0.0762. The third kappa shape index (κ3) is 4.32. The number of nitrogens with one attached hydrogen (secondary N) is 1. The summed E-state index contributed by atoms with van der Waals surface area (Å²) in [5.74, 6) is -0.763. The molecule has 94 valence electrons. The molecule has 0 fully saturated rings. The SMILES string of the molecule is CCOC(=O)CNC(C)c1ccc(F)c(Cl)c1. The van der Waals surface area contributed by atoms with Crippen LogP contribution in [0.15, 0.2) is 18.2 Å². The Kier molecular flexibility index (Phi) is 5.38. The molecule has 0 aliphatic carbocycles. The van der Waals surface area contributed by atoms with E-state index in [0.29, 0.717) is 6.61 Å². The van der Waals surface area contributed by atoms with Gasteiger partial charge in [0.05, 0.1) is 18.2 Å². The van der Waals surface area contributed by atoms with E-state index in [-0.39, 0.29) is 23.6 Å². The Balaban J connectivity index is 2.54. The normalized spacial score (nSPS) is 12.2. The van der Waals surface area contributed by atoms with Crippen LogP contribution in [0.4, 0.5) is 4.39 Å². The van der Waals surface area contributed by atoms with Crippen molar-refractivity contribution in [1.82, 2.24) is 5.32 Å². The molecule has 0 aliphatic heterocycles. The van der Waals surface area contributed by atoms with Crippen molar-refractivity contribution < 1.29 is 13.9 Å². The fraction of sp³-hybridized carbons (Fsp3) is 0.417. The third-order valence-electron chi connectivity index (χ3n) is 2.30. The zero-order valence-electron chi connectivity index (χ0n) is 9.80. The Labute approximate surface area is 105 Å². The van der Waals surface area contributed by atoms with Gasteiger partial charge < -0.3 is 10.1 Å². The number of esters is 1. The minimum atomic E-state index is -0.451. The van der Waals surface area contributed by atoms with Gasteiger partial charge in [0.15, 0.2) is 0 Å². The fourth-order valence-electron chi connectivity index (χ4n) is 1.35. The molecule has 1 aromatic carbocycles. The van der Waals surface area contributed by atoms with Crippen LogP contribution in [0.5, 0.6) is 0 Å². The highest BCUT2D eigenvalue weighted by Crippen LogP contribution is 2.20. The highest BCUT2D eigenvalue weighted by atomic mass is 35.5. The summed E-state index contributed by atoms with van der Waals surface area (Å²) in [6, 6.07) is 4.38. The quantitative estimate of drug-likeness (QED) is 0.827. The average molecular weight is 260 g/mol. The standard InChI is InChI=1S/C12H15ClFNO2/c1-3-17-12(16)7-15-8(2)9-4-5-11(14)10(13)6-9/h4-6,8,15H,3,7H2,1-2H3. The molecule has 5 heteroatoms. The number of hydrogen-bond donors (Lipinski definition) is 1. The van der Waals surface area contributed by atoms with Gasteiger partial charge in [0.25, 0.3) is 0 Å². The summed E-state index contributed by atoms with van der Waals surface area (Å²) in [6.07, 6.45) is 0. The van der Waals surface area contributed by atoms with E-state index in [1.54, 1.807) is 19.1 Å². The molecule has 1 unspecified atom stereocenters. The molecule has 0 radical (unpaired) electrons. The molecule has 17 heavy (non-hydrogen) atoms. The molecule has 0 amide bonds. The molecule has 0 saturated carbocycles. The fourth-order valence-corrected chi connectivity index (χ4v) is 1.54. The number of ether oxygens (including phenoxy) is 1. The van der Waals surface area contributed by atoms with Crippen LogP contribution in [-0.2, 0) is 9.53 Å². The molecule has 0 bridgehead atoms. The lowest BCUT2D eigenvalue weighted by Gasteiger charge is -2.14. The van der Waals surface area contributed by atoms with Crippen molar-refractivity contribution >= 4 is 17.6 Å². The molecule has 1 atom stereocenters. The Morgan fingerprint density at radius 3 is 2.88 bits per heavy atom. The number of rotatable bonds is 5. The average Bonchev–Trinajstić information content (AvgIpc) is 2.30. The van der Waals surface area contributed by atoms with Gasteiger partial charge in [0.2, 0.25) is 0 Å². The van der Waals surface area contributed by atoms with Crippen LogP contribution in [0.2, 0.25) is 5.02 Å². The second-order valence-electron chi connectivity index (χ2n) is 3.58. The zero-order chi connectivity index (χ0) is 12.8. The molecule has 0 heterocycles. The van der Waals surface area contributed by atoms with Crippen molar-refractivity contribution in [2.24, 2.45) is 0 Å². The monoisotopic (exact) mass is 259 g/mol. The minimum Gasteiger partial charge on any atom is -0.465 e. The first kappa shape index (κ1) is 13.9. The second kappa shape index (κ2) is 6.57. The van der Waals surface area contributed by atoms with Crippen molar-refractivity contribution in [3.05, 3.63) is 34.6 Å². The van der Waals surface area contributed by atoms with Gasteiger partial charge in [-0.25, -0.2) is 4.39 Å². The summed E-state index contributed by atoms with van der Waals surface area (Å²) in [5, 5.41) is 3.05. The molecule has 1 rings (SSSR count). The van der Waals surface area contributed by atoms with Gasteiger partial charge in [0.1, 0.15) is 5.82 Å². The smallest absolute Gasteiger partial charge is 0.319 e. The van der Waals surface area contributed by atoms with E-state index in [0.717, 1.165) is 5.56 Å². The van der Waals surface area contributed by atoms with Gasteiger partial charge in [-0.3, -0.25) is 4.79 Å². The number of benzene rings is 1. The Bertz CT molecular complexity index is 398. The second-order valence-corrected chi connectivity index (χ2v) is 3.99. The van der Waals surface area contributed by atoms with E-state index in [4.69, 9.17) is 16.3 Å². The van der Waals surface area contributed by atoms with Crippen LogP contribution >= 0.6 is 11.6 Å². The van der Waals surface area contributed by atoms with Gasteiger partial charge in [-0.2, -0.15) is 0 Å². The molecule has 0 spiro atoms. The predicted octanol–water partition coefficient (Wildman–Crippen LogP) is 2.69. The predicted molar refractivity (Wildman–Crippen MR) is 64.5 cm³/mol. The molecular weight excluding hydrogens is 245 g/mol. The summed E-state index contributed by atoms with van der Waals surface area (Å²) >= 11 is 5.68. The summed E-state index contributed by atoms with van der Waals surface area (Å²) in [6.45, 7) is 4.09. The van der Waals surface area contributed by atoms with Crippen molar-refractivity contribution in [2.75, 3.05) is 13.2 Å². The van der Waals surface area contributed by atoms with Crippen molar-refractivity contribution in [3.8, 4) is 0 Å². The van der Waals surface area contributed by atoms with Gasteiger partial charge in [0, 0.05) is 6.04 Å². The third-order valence-corrected chi connectivity index (χ3v) is 2.59. The van der Waals surface area contributed by atoms with Gasteiger partial charge in [-0.15, -0.1) is 0 Å². The molecule has 0 aliphatic rings. The van der Waals surface area contributed by atoms with Crippen molar-refractivity contribution in [2.45, 2.75) is 19.9 Å². The maximum absolute atomic E-state index is 13.0. The molecule has 0 saturated heterocycles. The van der Waals surface area contributed by atoms with Crippen LogP contribution in [-0.4, -0.2) is 19.1 Å². The lowest BCUT2D eigenvalue weighted by Crippen LogP contribution is -2.27. The summed E-state index contributed by atoms with van der Waals surface area (Å²) in [4.78, 5) is 11.1. The first-order chi connectivity index (χ1) is 8.04. The summed E-state index contributed by atoms with van der Waals surface area (Å²) < 4.78 is 17.7. The van der Waals surface area contributed by atoms with Crippen LogP contribution in [0, 0.1) is 5.82 Å². The van der Waals surface area contributed by atoms with E-state index >= 15 is 0 Å². The maximum atomic E-state index is 13.0. The highest BCUT2D eigenvalue weighted by Gasteiger charge is 2.10. The summed E-state index contributed by atoms with van der Waals surface area (Å²) in [5.41, 5.74) is 0.820. The number of carbonyl (C=O) groups is 1. The molecule has 3 nitrogen and oxygen atoms in total. The summed E-state index contributed by atoms with van der Waals surface area (Å²) in [7, 11) is 0. The van der Waals surface area contributed by atoms with Crippen LogP contribution in [0.25, 0.3) is 0 Å². The van der Waals surface area contributed by atoms with Crippen molar-refractivity contribution in [1.29, 1.82) is 0 Å². The van der Waals surface area contributed by atoms with Crippen molar-refractivity contribution in [3.63, 3.8) is 0 Å². The largest absolute Gasteiger partial charge is 0.465 e. The van der Waals surface area contributed by atoms with E-state index in [1.165, 1.54) is 6.07 Å². The lowest BCUT2D eigenvalue weighted by atomic mass is 10.1. The lowest BCUT2D eigenvalue weighted by molar-refractivity contribution is -0.142. The zero-order valence-corrected chi connectivity index (χ0v) is 10.6. The van der Waals surface area contributed by atoms with E-state index in [2.05, 4.69) is 5.32 Å². The topological polar surface area (TPSA) is 38.3 Å². The van der Waals surface area contributed by atoms with Gasteiger partial charge in [-0.1, -0.05) is 17.7 Å². The number of hydrogen-bond acceptors (Lipinski definition) is 3. The maximum Gasteiger partial charge on any atom is 0.319 e.